The summed E-state index contributed by atoms with van der Waals surface area (Å²) in [7, 11) is 0. The third-order valence-corrected chi connectivity index (χ3v) is 6.28. The first-order chi connectivity index (χ1) is 13.5. The van der Waals surface area contributed by atoms with Crippen molar-refractivity contribution in [3.63, 3.8) is 0 Å². The van der Waals surface area contributed by atoms with Gasteiger partial charge in [-0.25, -0.2) is 4.98 Å². The molecule has 2 saturated heterocycles. The number of H-pyrrole nitrogens is 1. The van der Waals surface area contributed by atoms with Gasteiger partial charge in [0.15, 0.2) is 0 Å². The zero-order valence-corrected chi connectivity index (χ0v) is 15.8. The van der Waals surface area contributed by atoms with Crippen LogP contribution in [0.1, 0.15) is 35.2 Å². The minimum Gasteiger partial charge on any atom is -0.365 e. The van der Waals surface area contributed by atoms with Crippen LogP contribution in [0.4, 0.5) is 5.82 Å². The van der Waals surface area contributed by atoms with Gasteiger partial charge in [-0.1, -0.05) is 12.1 Å². The standard InChI is InChI=1S/C21H23N5O2/c1-12-3-4-13-15(9-12)25-17-14(18(22)27)10-24-19(16(13)17)26-8-2-5-21(11-26)6-7-23-20(21)28/h3-4,9-10,25H,2,5-8,11H2,1H3,(H2,22,27)(H,23,28). The molecule has 7 heteroatoms. The maximum Gasteiger partial charge on any atom is 0.252 e. The number of carbonyl (C=O) groups excluding carboxylic acids is 2. The molecular formula is C21H23N5O2. The van der Waals surface area contributed by atoms with Crippen LogP contribution in [-0.4, -0.2) is 41.4 Å². The average Bonchev–Trinajstić information content (AvgIpc) is 3.21. The summed E-state index contributed by atoms with van der Waals surface area (Å²) in [5, 5.41) is 4.91. The van der Waals surface area contributed by atoms with Crippen molar-refractivity contribution in [2.45, 2.75) is 26.2 Å². The largest absolute Gasteiger partial charge is 0.365 e. The fourth-order valence-corrected chi connectivity index (χ4v) is 4.85. The first-order valence-corrected chi connectivity index (χ1v) is 9.73. The maximum atomic E-state index is 12.5. The number of aromatic nitrogens is 2. The Morgan fingerprint density at radius 1 is 1.32 bits per heavy atom. The lowest BCUT2D eigenvalue weighted by molar-refractivity contribution is -0.128. The molecule has 7 nitrogen and oxygen atoms in total. The number of rotatable bonds is 2. The van der Waals surface area contributed by atoms with E-state index in [4.69, 9.17) is 5.73 Å². The summed E-state index contributed by atoms with van der Waals surface area (Å²) in [6.45, 7) is 4.26. The lowest BCUT2D eigenvalue weighted by Crippen LogP contribution is -2.47. The molecule has 1 aromatic carbocycles. The molecule has 5 rings (SSSR count). The molecule has 1 spiro atoms. The van der Waals surface area contributed by atoms with Gasteiger partial charge >= 0.3 is 0 Å². The highest BCUT2D eigenvalue weighted by Crippen LogP contribution is 2.41. The highest BCUT2D eigenvalue weighted by atomic mass is 16.2. The van der Waals surface area contributed by atoms with Crippen LogP contribution in [0.25, 0.3) is 21.8 Å². The second kappa shape index (κ2) is 5.95. The molecule has 0 aliphatic carbocycles. The number of anilines is 1. The number of nitrogens with zero attached hydrogens (tertiary/aromatic N) is 2. The number of piperidine rings is 1. The Kier molecular flexibility index (Phi) is 3.62. The number of nitrogens with one attached hydrogen (secondary N) is 2. The van der Waals surface area contributed by atoms with Crippen LogP contribution in [-0.2, 0) is 4.79 Å². The zero-order valence-electron chi connectivity index (χ0n) is 15.8. The van der Waals surface area contributed by atoms with Crippen molar-refractivity contribution in [3.05, 3.63) is 35.5 Å². The van der Waals surface area contributed by atoms with E-state index in [1.54, 1.807) is 6.20 Å². The highest BCUT2D eigenvalue weighted by molar-refractivity contribution is 6.18. The highest BCUT2D eigenvalue weighted by Gasteiger charge is 2.45. The number of fused-ring (bicyclic) bond motifs is 3. The third-order valence-electron chi connectivity index (χ3n) is 6.28. The average molecular weight is 377 g/mol. The molecule has 0 bridgehead atoms. The predicted octanol–water partition coefficient (Wildman–Crippen LogP) is 2.23. The van der Waals surface area contributed by atoms with Gasteiger partial charge in [-0.15, -0.1) is 0 Å². The monoisotopic (exact) mass is 377 g/mol. The molecule has 2 aliphatic heterocycles. The van der Waals surface area contributed by atoms with E-state index >= 15 is 0 Å². The molecule has 1 atom stereocenters. The predicted molar refractivity (Wildman–Crippen MR) is 108 cm³/mol. The first-order valence-electron chi connectivity index (χ1n) is 9.73. The molecule has 0 saturated carbocycles. The zero-order chi connectivity index (χ0) is 19.5. The third kappa shape index (κ3) is 2.38. The van der Waals surface area contributed by atoms with Crippen molar-refractivity contribution < 1.29 is 9.59 Å². The van der Waals surface area contributed by atoms with Gasteiger partial charge in [0.25, 0.3) is 5.91 Å². The fourth-order valence-electron chi connectivity index (χ4n) is 4.85. The Bertz CT molecular complexity index is 1130. The van der Waals surface area contributed by atoms with Gasteiger partial charge in [0.2, 0.25) is 5.91 Å². The number of benzene rings is 1. The van der Waals surface area contributed by atoms with Crippen LogP contribution in [0.2, 0.25) is 0 Å². The minimum absolute atomic E-state index is 0.150. The second-order valence-electron chi connectivity index (χ2n) is 8.10. The number of aromatic amines is 1. The van der Waals surface area contributed by atoms with E-state index in [1.807, 2.05) is 6.92 Å². The van der Waals surface area contributed by atoms with Crippen LogP contribution in [0.5, 0.6) is 0 Å². The molecule has 144 valence electrons. The van der Waals surface area contributed by atoms with Crippen LogP contribution < -0.4 is 16.0 Å². The van der Waals surface area contributed by atoms with E-state index in [1.165, 1.54) is 0 Å². The number of nitrogens with two attached hydrogens (primary N) is 1. The molecule has 3 aromatic rings. The summed E-state index contributed by atoms with van der Waals surface area (Å²) in [5.41, 5.74) is 8.46. The molecule has 2 amide bonds. The Morgan fingerprint density at radius 3 is 2.93 bits per heavy atom. The lowest BCUT2D eigenvalue weighted by atomic mass is 9.78. The second-order valence-corrected chi connectivity index (χ2v) is 8.10. The number of carbonyl (C=O) groups is 2. The van der Waals surface area contributed by atoms with Gasteiger partial charge in [0, 0.05) is 36.7 Å². The van der Waals surface area contributed by atoms with E-state index in [-0.39, 0.29) is 11.3 Å². The number of aryl methyl sites for hydroxylation is 1. The molecule has 2 aromatic heterocycles. The van der Waals surface area contributed by atoms with Crippen molar-refractivity contribution in [2.75, 3.05) is 24.5 Å². The maximum absolute atomic E-state index is 12.5. The normalized spacial score (nSPS) is 22.3. The van der Waals surface area contributed by atoms with Gasteiger partial charge < -0.3 is 20.9 Å². The van der Waals surface area contributed by atoms with Gasteiger partial charge in [-0.3, -0.25) is 9.59 Å². The Labute approximate surface area is 162 Å². The fraction of sp³-hybridized carbons (Fsp3) is 0.381. The van der Waals surface area contributed by atoms with E-state index < -0.39 is 5.91 Å². The molecule has 2 aliphatic rings. The van der Waals surface area contributed by atoms with Crippen LogP contribution in [0.3, 0.4) is 0 Å². The summed E-state index contributed by atoms with van der Waals surface area (Å²) < 4.78 is 0. The minimum atomic E-state index is -0.502. The van der Waals surface area contributed by atoms with Crippen LogP contribution >= 0.6 is 0 Å². The van der Waals surface area contributed by atoms with Gasteiger partial charge in [0.05, 0.1) is 21.9 Å². The Balaban J connectivity index is 1.71. The van der Waals surface area contributed by atoms with Crippen molar-refractivity contribution in [2.24, 2.45) is 11.1 Å². The number of primary amides is 1. The summed E-state index contributed by atoms with van der Waals surface area (Å²) in [5.74, 6) is 0.461. The van der Waals surface area contributed by atoms with E-state index in [2.05, 4.69) is 38.4 Å². The van der Waals surface area contributed by atoms with E-state index in [9.17, 15) is 9.59 Å². The van der Waals surface area contributed by atoms with Crippen molar-refractivity contribution in [3.8, 4) is 0 Å². The van der Waals surface area contributed by atoms with Crippen molar-refractivity contribution in [1.82, 2.24) is 15.3 Å². The SMILES string of the molecule is Cc1ccc2c(c1)[nH]c1c(C(N)=O)cnc(N3CCCC4(CCNC4=O)C3)c12. The summed E-state index contributed by atoms with van der Waals surface area (Å²) in [6.07, 6.45) is 4.26. The molecule has 0 radical (unpaired) electrons. The molecule has 28 heavy (non-hydrogen) atoms. The van der Waals surface area contributed by atoms with Crippen LogP contribution in [0.15, 0.2) is 24.4 Å². The van der Waals surface area contributed by atoms with Crippen molar-refractivity contribution in [1.29, 1.82) is 0 Å². The molecule has 4 heterocycles. The van der Waals surface area contributed by atoms with E-state index in [0.717, 1.165) is 60.0 Å². The molecule has 4 N–H and O–H groups in total. The Morgan fingerprint density at radius 2 is 2.18 bits per heavy atom. The number of pyridine rings is 1. The van der Waals surface area contributed by atoms with Gasteiger partial charge in [-0.05, 0) is 37.8 Å². The molecular weight excluding hydrogens is 354 g/mol. The summed E-state index contributed by atoms with van der Waals surface area (Å²) in [4.78, 5) is 34.7. The number of amides is 2. The lowest BCUT2D eigenvalue weighted by Gasteiger charge is -2.39. The molecule has 2 fully saturated rings. The van der Waals surface area contributed by atoms with E-state index in [0.29, 0.717) is 17.6 Å². The smallest absolute Gasteiger partial charge is 0.252 e. The topological polar surface area (TPSA) is 104 Å². The number of hydrogen-bond donors (Lipinski definition) is 3. The summed E-state index contributed by atoms with van der Waals surface area (Å²) in [6, 6.07) is 6.17. The van der Waals surface area contributed by atoms with Crippen LogP contribution in [0, 0.1) is 12.3 Å². The number of hydrogen-bond acceptors (Lipinski definition) is 4. The Hall–Kier alpha value is -3.09. The molecule has 1 unspecified atom stereocenters. The van der Waals surface area contributed by atoms with Crippen molar-refractivity contribution >= 4 is 39.4 Å². The van der Waals surface area contributed by atoms with Gasteiger partial charge in [0.1, 0.15) is 5.82 Å². The summed E-state index contributed by atoms with van der Waals surface area (Å²) >= 11 is 0. The van der Waals surface area contributed by atoms with Gasteiger partial charge in [-0.2, -0.15) is 0 Å². The first kappa shape index (κ1) is 17.0. The quantitative estimate of drug-likeness (QED) is 0.637.